The van der Waals surface area contributed by atoms with E-state index in [9.17, 15) is 0 Å². The molecule has 3 aromatic rings. The Bertz CT molecular complexity index is 695. The number of hydrogen-bond acceptors (Lipinski definition) is 4. The summed E-state index contributed by atoms with van der Waals surface area (Å²) in [6.07, 6.45) is 0. The molecule has 0 radical (unpaired) electrons. The van der Waals surface area contributed by atoms with Gasteiger partial charge in [0.2, 0.25) is 0 Å². The van der Waals surface area contributed by atoms with Crippen LogP contribution in [0.1, 0.15) is 0 Å². The van der Waals surface area contributed by atoms with Gasteiger partial charge >= 0.3 is 0 Å². The molecule has 0 aliphatic heterocycles. The molecular weight excluding hydrogens is 266 g/mol. The van der Waals surface area contributed by atoms with Crippen molar-refractivity contribution in [2.75, 3.05) is 12.4 Å². The number of rotatable bonds is 2. The summed E-state index contributed by atoms with van der Waals surface area (Å²) in [7, 11) is 1.85. The number of halogens is 1. The lowest BCUT2D eigenvalue weighted by Gasteiger charge is -2.07. The zero-order valence-electron chi connectivity index (χ0n) is 9.64. The minimum absolute atomic E-state index is 0.680. The van der Waals surface area contributed by atoms with E-state index in [1.54, 1.807) is 11.3 Å². The van der Waals surface area contributed by atoms with Gasteiger partial charge in [0.15, 0.2) is 5.82 Å². The van der Waals surface area contributed by atoms with Crippen molar-refractivity contribution in [1.82, 2.24) is 9.97 Å². The van der Waals surface area contributed by atoms with Gasteiger partial charge in [-0.05, 0) is 29.6 Å². The van der Waals surface area contributed by atoms with Gasteiger partial charge in [0, 0.05) is 28.4 Å². The van der Waals surface area contributed by atoms with Crippen molar-refractivity contribution < 1.29 is 0 Å². The SMILES string of the molecule is CNc1nc(-c2ccsc2)nc2cc(Cl)ccc12. The van der Waals surface area contributed by atoms with E-state index >= 15 is 0 Å². The molecule has 5 heteroatoms. The lowest BCUT2D eigenvalue weighted by Crippen LogP contribution is -1.98. The fourth-order valence-electron chi connectivity index (χ4n) is 1.81. The van der Waals surface area contributed by atoms with Crippen molar-refractivity contribution in [3.05, 3.63) is 40.0 Å². The van der Waals surface area contributed by atoms with E-state index in [-0.39, 0.29) is 0 Å². The highest BCUT2D eigenvalue weighted by atomic mass is 35.5. The molecule has 0 atom stereocenters. The maximum absolute atomic E-state index is 6.01. The van der Waals surface area contributed by atoms with Crippen LogP contribution in [0, 0.1) is 0 Å². The first-order valence-electron chi connectivity index (χ1n) is 5.45. The monoisotopic (exact) mass is 275 g/mol. The molecule has 0 saturated carbocycles. The number of fused-ring (bicyclic) bond motifs is 1. The van der Waals surface area contributed by atoms with Crippen molar-refractivity contribution in [1.29, 1.82) is 0 Å². The molecular formula is C13H10ClN3S. The average molecular weight is 276 g/mol. The van der Waals surface area contributed by atoms with Crippen LogP contribution in [0.5, 0.6) is 0 Å². The maximum Gasteiger partial charge on any atom is 0.162 e. The fraction of sp³-hybridized carbons (Fsp3) is 0.0769. The van der Waals surface area contributed by atoms with Crippen LogP contribution in [0.3, 0.4) is 0 Å². The molecule has 2 aromatic heterocycles. The van der Waals surface area contributed by atoms with Crippen molar-refractivity contribution in [3.8, 4) is 11.4 Å². The first kappa shape index (κ1) is 11.4. The van der Waals surface area contributed by atoms with Gasteiger partial charge in [-0.15, -0.1) is 0 Å². The Hall–Kier alpha value is -1.65. The Kier molecular flexibility index (Phi) is 2.89. The molecule has 3 nitrogen and oxygen atoms in total. The van der Waals surface area contributed by atoms with E-state index in [2.05, 4.69) is 15.3 Å². The highest BCUT2D eigenvalue weighted by molar-refractivity contribution is 7.08. The molecule has 3 rings (SSSR count). The molecule has 0 aliphatic rings. The first-order chi connectivity index (χ1) is 8.78. The van der Waals surface area contributed by atoms with Crippen LogP contribution in [0.4, 0.5) is 5.82 Å². The zero-order chi connectivity index (χ0) is 12.5. The van der Waals surface area contributed by atoms with E-state index in [1.165, 1.54) is 0 Å². The third-order valence-electron chi connectivity index (χ3n) is 2.68. The molecule has 0 saturated heterocycles. The Morgan fingerprint density at radius 2 is 2.11 bits per heavy atom. The summed E-state index contributed by atoms with van der Waals surface area (Å²) in [5, 5.41) is 8.80. The van der Waals surface area contributed by atoms with Crippen molar-refractivity contribution in [2.24, 2.45) is 0 Å². The molecule has 0 unspecified atom stereocenters. The topological polar surface area (TPSA) is 37.8 Å². The molecule has 0 amide bonds. The van der Waals surface area contributed by atoms with Crippen LogP contribution in [0.25, 0.3) is 22.3 Å². The minimum atomic E-state index is 0.680. The molecule has 18 heavy (non-hydrogen) atoms. The molecule has 0 bridgehead atoms. The second-order valence-corrected chi connectivity index (χ2v) is 5.04. The summed E-state index contributed by atoms with van der Waals surface area (Å²) in [4.78, 5) is 9.09. The second-order valence-electron chi connectivity index (χ2n) is 3.82. The third kappa shape index (κ3) is 1.94. The van der Waals surface area contributed by atoms with E-state index in [0.717, 1.165) is 28.1 Å². The van der Waals surface area contributed by atoms with Gasteiger partial charge in [-0.3, -0.25) is 0 Å². The highest BCUT2D eigenvalue weighted by Gasteiger charge is 2.09. The molecule has 0 fully saturated rings. The summed E-state index contributed by atoms with van der Waals surface area (Å²) in [6, 6.07) is 7.64. The van der Waals surface area contributed by atoms with Gasteiger partial charge in [0.05, 0.1) is 5.52 Å². The molecule has 2 heterocycles. The van der Waals surface area contributed by atoms with Crippen LogP contribution in [-0.2, 0) is 0 Å². The van der Waals surface area contributed by atoms with Gasteiger partial charge in [-0.1, -0.05) is 11.6 Å². The van der Waals surface area contributed by atoms with E-state index in [4.69, 9.17) is 11.6 Å². The Morgan fingerprint density at radius 1 is 1.22 bits per heavy atom. The highest BCUT2D eigenvalue weighted by Crippen LogP contribution is 2.27. The Labute approximate surface area is 113 Å². The number of benzene rings is 1. The predicted octanol–water partition coefficient (Wildman–Crippen LogP) is 4.05. The predicted molar refractivity (Wildman–Crippen MR) is 77.4 cm³/mol. The summed E-state index contributed by atoms with van der Waals surface area (Å²) in [5.41, 5.74) is 1.88. The number of nitrogens with one attached hydrogen (secondary N) is 1. The molecule has 1 aromatic carbocycles. The number of thiophene rings is 1. The van der Waals surface area contributed by atoms with Crippen LogP contribution < -0.4 is 5.32 Å². The standard InChI is InChI=1S/C13H10ClN3S/c1-15-13-10-3-2-9(14)6-11(10)16-12(17-13)8-4-5-18-7-8/h2-7H,1H3,(H,15,16,17). The van der Waals surface area contributed by atoms with Crippen molar-refractivity contribution in [3.63, 3.8) is 0 Å². The summed E-state index contributed by atoms with van der Waals surface area (Å²) in [5.74, 6) is 1.54. The van der Waals surface area contributed by atoms with Crippen molar-refractivity contribution >= 4 is 39.7 Å². The Morgan fingerprint density at radius 3 is 2.83 bits per heavy atom. The van der Waals surface area contributed by atoms with E-state index in [0.29, 0.717) is 5.02 Å². The molecule has 90 valence electrons. The quantitative estimate of drug-likeness (QED) is 0.767. The van der Waals surface area contributed by atoms with Gasteiger partial charge in [-0.25, -0.2) is 9.97 Å². The third-order valence-corrected chi connectivity index (χ3v) is 3.59. The maximum atomic E-state index is 6.01. The van der Waals surface area contributed by atoms with E-state index < -0.39 is 0 Å². The number of nitrogens with zero attached hydrogens (tertiary/aromatic N) is 2. The molecule has 0 spiro atoms. The number of aromatic nitrogens is 2. The van der Waals surface area contributed by atoms with Gasteiger partial charge in [-0.2, -0.15) is 11.3 Å². The van der Waals surface area contributed by atoms with Crippen LogP contribution in [0.2, 0.25) is 5.02 Å². The summed E-state index contributed by atoms with van der Waals surface area (Å²) >= 11 is 7.64. The molecule has 0 aliphatic carbocycles. The molecule has 1 N–H and O–H groups in total. The Balaban J connectivity index is 2.29. The largest absolute Gasteiger partial charge is 0.373 e. The normalized spacial score (nSPS) is 10.8. The lowest BCUT2D eigenvalue weighted by molar-refractivity contribution is 1.22. The number of hydrogen-bond donors (Lipinski definition) is 1. The van der Waals surface area contributed by atoms with Gasteiger partial charge < -0.3 is 5.32 Å². The summed E-state index contributed by atoms with van der Waals surface area (Å²) < 4.78 is 0. The van der Waals surface area contributed by atoms with Crippen molar-refractivity contribution in [2.45, 2.75) is 0 Å². The van der Waals surface area contributed by atoms with Gasteiger partial charge in [0.1, 0.15) is 5.82 Å². The second kappa shape index (κ2) is 4.55. The lowest BCUT2D eigenvalue weighted by atomic mass is 10.2. The van der Waals surface area contributed by atoms with E-state index in [1.807, 2.05) is 42.1 Å². The number of anilines is 1. The summed E-state index contributed by atoms with van der Waals surface area (Å²) in [6.45, 7) is 0. The first-order valence-corrected chi connectivity index (χ1v) is 6.77. The smallest absolute Gasteiger partial charge is 0.162 e. The van der Waals surface area contributed by atoms with Crippen LogP contribution >= 0.6 is 22.9 Å². The fourth-order valence-corrected chi connectivity index (χ4v) is 2.61. The zero-order valence-corrected chi connectivity index (χ0v) is 11.2. The average Bonchev–Trinajstić information content (AvgIpc) is 2.90. The van der Waals surface area contributed by atoms with Crippen LogP contribution in [0.15, 0.2) is 35.0 Å². The van der Waals surface area contributed by atoms with Gasteiger partial charge in [0.25, 0.3) is 0 Å². The van der Waals surface area contributed by atoms with Crippen LogP contribution in [-0.4, -0.2) is 17.0 Å². The minimum Gasteiger partial charge on any atom is -0.373 e.